The van der Waals surface area contributed by atoms with Gasteiger partial charge in [0.2, 0.25) is 29.5 Å². The predicted molar refractivity (Wildman–Crippen MR) is 392 cm³/mol. The molecule has 0 radical (unpaired) electrons. The fraction of sp³-hybridized carbons (Fsp3) is 0.522. The van der Waals surface area contributed by atoms with Crippen LogP contribution in [0.25, 0.3) is 0 Å². The number of aliphatic hydroxyl groups is 1. The number of carbonyl (C=O) groups is 9. The zero-order chi connectivity index (χ0) is 78.9. The molecule has 35 nitrogen and oxygen atoms in total. The maximum Gasteiger partial charge on any atom is 0.490 e. The number of amides is 6. The number of allylic oxidation sites excluding steroid dienone is 4. The van der Waals surface area contributed by atoms with E-state index in [0.29, 0.717) is 50.1 Å². The number of aliphatic hydroxyl groups excluding tert-OH is 1. The molecule has 40 heteroatoms. The predicted octanol–water partition coefficient (Wildman–Crippen LogP) is 4.47. The second kappa shape index (κ2) is 41.6. The number of carbonyl (C=O) groups excluding carboxylic acids is 6. The Bertz CT molecular complexity index is 4140. The van der Waals surface area contributed by atoms with Gasteiger partial charge in [-0.15, -0.1) is 0 Å². The Morgan fingerprint density at radius 3 is 2.18 bits per heavy atom. The summed E-state index contributed by atoms with van der Waals surface area (Å²) in [5.74, 6) is -3.10. The molecule has 1 saturated heterocycles. The van der Waals surface area contributed by atoms with Crippen LogP contribution in [0.15, 0.2) is 75.7 Å². The summed E-state index contributed by atoms with van der Waals surface area (Å²) in [4.78, 5) is 175. The van der Waals surface area contributed by atoms with Crippen molar-refractivity contribution in [2.45, 2.75) is 166 Å². The molecule has 1 aromatic heterocycles. The van der Waals surface area contributed by atoms with Crippen LogP contribution in [0.5, 0.6) is 0 Å². The molecule has 6 amide bonds. The lowest BCUT2D eigenvalue weighted by Crippen LogP contribution is -2.56. The van der Waals surface area contributed by atoms with E-state index in [2.05, 4.69) is 102 Å². The second-order valence-electron chi connectivity index (χ2n) is 25.4. The molecule has 10 atom stereocenters. The molecular weight excluding hydrogens is 1500 g/mol. The maximum atomic E-state index is 14.4. The molecule has 2 heterocycles. The van der Waals surface area contributed by atoms with Crippen LogP contribution in [0.3, 0.4) is 0 Å². The number of fused-ring (bicyclic) bond motifs is 2. The van der Waals surface area contributed by atoms with E-state index >= 15 is 0 Å². The van der Waals surface area contributed by atoms with Gasteiger partial charge in [-0.25, -0.2) is 23.3 Å². The maximum absolute atomic E-state index is 14.4. The van der Waals surface area contributed by atoms with Gasteiger partial charge in [0.1, 0.15) is 36.3 Å². The fourth-order valence-corrected chi connectivity index (χ4v) is 17.1. The van der Waals surface area contributed by atoms with Crippen molar-refractivity contribution in [1.82, 2.24) is 41.0 Å². The topological polar surface area (TPSA) is 540 Å². The van der Waals surface area contributed by atoms with Crippen molar-refractivity contribution in [2.75, 3.05) is 57.1 Å². The Labute approximate surface area is 624 Å². The first-order chi connectivity index (χ1) is 50.5. The van der Waals surface area contributed by atoms with E-state index in [0.717, 1.165) is 46.9 Å². The molecule has 1 aliphatic heterocycles. The number of aromatic nitrogens is 2. The van der Waals surface area contributed by atoms with E-state index in [1.807, 2.05) is 30.4 Å². The van der Waals surface area contributed by atoms with Gasteiger partial charge < -0.3 is 82.0 Å². The summed E-state index contributed by atoms with van der Waals surface area (Å²) in [6.45, 7) is 8.49. The van der Waals surface area contributed by atoms with Gasteiger partial charge in [-0.05, 0) is 111 Å². The van der Waals surface area contributed by atoms with Crippen LogP contribution in [0.2, 0.25) is 0 Å². The number of ether oxygens (including phenoxy) is 1. The molecule has 0 saturated carbocycles. The lowest BCUT2D eigenvalue weighted by molar-refractivity contribution is -0.148. The number of phosphoric acid groups is 3. The number of unbranched alkanes of at least 4 members (excludes halogenated alkanes) is 2. The Morgan fingerprint density at radius 1 is 0.813 bits per heavy atom. The number of rotatable bonds is 42. The van der Waals surface area contributed by atoms with E-state index in [1.165, 1.54) is 49.4 Å². The summed E-state index contributed by atoms with van der Waals surface area (Å²) in [6, 6.07) is 7.19. The molecule has 8 unspecified atom stereocenters. The normalized spacial score (nSPS) is 19.1. The van der Waals surface area contributed by atoms with Crippen molar-refractivity contribution < 1.29 is 115 Å². The molecule has 0 bridgehead atoms. The highest BCUT2D eigenvalue weighted by Crippen LogP contribution is 2.66. The summed E-state index contributed by atoms with van der Waals surface area (Å²) in [6.07, 6.45) is 3.64. The third-order valence-electron chi connectivity index (χ3n) is 17.1. The van der Waals surface area contributed by atoms with Crippen LogP contribution in [0, 0.1) is 24.7 Å². The Balaban J connectivity index is 0.954. The highest BCUT2D eigenvalue weighted by molar-refractivity contribution is 8.76. The Morgan fingerprint density at radius 2 is 1.49 bits per heavy atom. The third-order valence-corrected chi connectivity index (χ3v) is 23.4. The van der Waals surface area contributed by atoms with Crippen molar-refractivity contribution in [3.8, 4) is 11.8 Å². The minimum atomic E-state index is -5.83. The lowest BCUT2D eigenvalue weighted by atomic mass is 9.65. The third kappa shape index (κ3) is 28.2. The van der Waals surface area contributed by atoms with Crippen molar-refractivity contribution in [2.24, 2.45) is 10.9 Å². The fourth-order valence-electron chi connectivity index (χ4n) is 12.0. The highest BCUT2D eigenvalue weighted by atomic mass is 33.1. The van der Waals surface area contributed by atoms with Gasteiger partial charge in [0.05, 0.1) is 43.4 Å². The zero-order valence-corrected chi connectivity index (χ0v) is 63.7. The van der Waals surface area contributed by atoms with Crippen molar-refractivity contribution in [3.05, 3.63) is 115 Å². The van der Waals surface area contributed by atoms with Crippen LogP contribution in [-0.4, -0.2) is 195 Å². The van der Waals surface area contributed by atoms with Crippen molar-refractivity contribution in [1.29, 1.82) is 0 Å². The first-order valence-corrected chi connectivity index (χ1v) is 41.2. The van der Waals surface area contributed by atoms with Crippen LogP contribution in [0.1, 0.15) is 160 Å². The molecule has 2 aliphatic carbocycles. The number of nitrogen functional groups attached to an aromatic ring is 1. The quantitative estimate of drug-likeness (QED) is 0.0161. The summed E-state index contributed by atoms with van der Waals surface area (Å²) >= 11 is 0. The second-order valence-corrected chi connectivity index (χ2v) is 32.5. The molecule has 1 fully saturated rings. The van der Waals surface area contributed by atoms with E-state index in [1.54, 1.807) is 11.9 Å². The van der Waals surface area contributed by atoms with Crippen LogP contribution >= 0.6 is 45.1 Å². The van der Waals surface area contributed by atoms with Crippen molar-refractivity contribution in [3.63, 3.8) is 0 Å². The molecule has 0 spiro atoms. The number of nitrogens with two attached hydrogens (primary N) is 1. The number of hydrogen-bond donors (Lipinski definition) is 14. The van der Waals surface area contributed by atoms with Gasteiger partial charge in [-0.2, -0.15) is 13.6 Å². The molecule has 586 valence electrons. The summed E-state index contributed by atoms with van der Waals surface area (Å²) in [7, 11) is -12.8. The van der Waals surface area contributed by atoms with Gasteiger partial charge in [-0.1, -0.05) is 95.2 Å². The Kier molecular flexibility index (Phi) is 34.2. The number of nitrogens with zero attached hydrogens (tertiary/aromatic N) is 4. The van der Waals surface area contributed by atoms with Crippen molar-refractivity contribution >= 4 is 110 Å². The number of nitrogens with one attached hydrogen (secondary N) is 5. The number of phosphoric ester groups is 1. The van der Waals surface area contributed by atoms with Gasteiger partial charge in [0, 0.05) is 87.5 Å². The molecular formula is C67H91N10O25P3S2. The van der Waals surface area contributed by atoms with Crippen LogP contribution < -0.4 is 38.0 Å². The van der Waals surface area contributed by atoms with E-state index in [9.17, 15) is 91.9 Å². The molecule has 2 aromatic carbocycles. The van der Waals surface area contributed by atoms with E-state index in [-0.39, 0.29) is 92.4 Å². The number of anilines is 1. The van der Waals surface area contributed by atoms with Gasteiger partial charge >= 0.3 is 47.1 Å². The van der Waals surface area contributed by atoms with E-state index in [4.69, 9.17) is 25.2 Å². The minimum Gasteiger partial charge on any atom is -0.481 e. The first kappa shape index (κ1) is 88.0. The number of aliphatic carboxylic acids is 3. The molecule has 3 aromatic rings. The number of aryl methyl sites for hydroxylation is 2. The summed E-state index contributed by atoms with van der Waals surface area (Å²) < 4.78 is 53.0. The zero-order valence-electron chi connectivity index (χ0n) is 59.4. The molecule has 107 heavy (non-hydrogen) atoms. The molecule has 3 aliphatic rings. The molecule has 6 rings (SSSR count). The lowest BCUT2D eigenvalue weighted by Gasteiger charge is -2.38. The average molecular weight is 1590 g/mol. The minimum absolute atomic E-state index is 0.00220. The largest absolute Gasteiger partial charge is 0.490 e. The van der Waals surface area contributed by atoms with Crippen LogP contribution in [0.4, 0.5) is 5.82 Å². The van der Waals surface area contributed by atoms with Gasteiger partial charge in [-0.3, -0.25) is 52.4 Å². The standard InChI is InChI=1S/C67H91N10O25P3S2/c1-6-16-41-31-43-32-44-33-50(69-7-2)40(4)30-48(44)61(47(43)29-39(41)3)45-18-10-11-19-46(45)65(88)76(5)26-14-22-55(79)70-24-12-8-9-21-57(81)72-49(63(86)73-51(34-59(82)83)64(87)74-52(66(89)90)35-60(84)85)20-15-27-106-107-28-23-56(80)71-25-13-17-42-37-77(67(91)75-62(42)68)58-36-53(78)54(100-58)38-99-104(95,96)102-105(97,98)101-103(92,93)94/h10-11,18-19,29-31,33,37,48-49,51-54,58,61,78H,6-9,12,14-16,20-28,32,34-36,38H2,1-5H3,(H,70,79)(H,71,80)(H,72,81)(H,73,86)(H,74,87)(H,82,83)(H,84,85)(H,89,90)(H,95,96)(H,97,98)(H2,68,75,91)(H2,92,93,94)/t48?,49?,51?,52?,53?,54-,58-,61?/m1/s1. The summed E-state index contributed by atoms with van der Waals surface area (Å²) in [5.41, 5.74) is 14.8. The van der Waals surface area contributed by atoms with Gasteiger partial charge in [0.25, 0.3) is 5.91 Å². The number of carboxylic acid groups (broad SMARTS) is 3. The number of benzene rings is 2. The highest BCUT2D eigenvalue weighted by Gasteiger charge is 2.44. The average Bonchev–Trinajstić information content (AvgIpc) is 1.14. The monoisotopic (exact) mass is 1590 g/mol. The molecule has 15 N–H and O–H groups in total. The van der Waals surface area contributed by atoms with Gasteiger partial charge in [0.15, 0.2) is 0 Å². The van der Waals surface area contributed by atoms with Crippen LogP contribution in [-0.2, 0) is 82.8 Å². The number of carboxylic acids is 3. The van der Waals surface area contributed by atoms with E-state index < -0.39 is 127 Å². The Hall–Kier alpha value is -7.91. The SMILES string of the molecule is CCCc1cc2c(cc1C)C(c1ccccc1C(=O)N(C)CCCC(=O)NCCCCCC(=O)NC(CCCSSCCC(=O)NCC#Cc1cn([C@H]3CC(O)[C@@H](COP(=O)(O)OP(=O)(O)OP(=O)(O)O)O3)c(=O)nc1N)C(=O)NC(CC(=O)O)C(=O)NC(CC(=O)O)C(=O)O)C1C=C(C)C(=NCC)C=C1C2. The number of aliphatic imine (C=N–C) groups is 1. The summed E-state index contributed by atoms with van der Waals surface area (Å²) in [5, 5.41) is 51.1. The first-order valence-electron chi connectivity index (χ1n) is 34.2. The number of hydrogen-bond acceptors (Lipinski definition) is 23. The smallest absolute Gasteiger partial charge is 0.481 e.